The van der Waals surface area contributed by atoms with Crippen LogP contribution < -0.4 is 11.1 Å². The topological polar surface area (TPSA) is 112 Å². The lowest BCUT2D eigenvalue weighted by atomic mass is 9.71. The molecule has 0 bridgehead atoms. The average molecular weight is 480 g/mol. The number of methoxy groups -OCH3 is 1. The molecule has 1 amide bonds. The third kappa shape index (κ3) is 4.14. The molecule has 2 aromatic heterocycles. The number of ether oxygens (including phenoxy) is 1. The molecule has 3 fully saturated rings. The molecule has 3 heterocycles. The third-order valence-electron chi connectivity index (χ3n) is 7.57. The fraction of sp³-hybridized carbons (Fsp3) is 0.652. The Morgan fingerprint density at radius 2 is 2.00 bits per heavy atom. The summed E-state index contributed by atoms with van der Waals surface area (Å²) in [5, 5.41) is 6.58. The molecule has 0 spiro atoms. The van der Waals surface area contributed by atoms with E-state index < -0.39 is 42.4 Å². The van der Waals surface area contributed by atoms with Crippen LogP contribution in [0.5, 0.6) is 0 Å². The number of piperidine rings is 1. The van der Waals surface area contributed by atoms with E-state index in [0.717, 1.165) is 12.8 Å². The van der Waals surface area contributed by atoms with Crippen LogP contribution in [0.25, 0.3) is 5.65 Å². The molecule has 0 aromatic carbocycles. The van der Waals surface area contributed by atoms with Gasteiger partial charge < -0.3 is 15.8 Å². The number of carbonyl (C=O) groups excluding carboxylic acids is 2. The largest absolute Gasteiger partial charge is 0.468 e. The maximum atomic E-state index is 13.5. The molecule has 3 atom stereocenters. The number of alkyl halides is 3. The predicted molar refractivity (Wildman–Crippen MR) is 114 cm³/mol. The molecule has 3 N–H and O–H groups in total. The summed E-state index contributed by atoms with van der Waals surface area (Å²) < 4.78 is 46.7. The number of nitrogens with two attached hydrogens (primary N) is 1. The van der Waals surface area contributed by atoms with Crippen LogP contribution in [-0.2, 0) is 20.7 Å². The molecule has 0 radical (unpaired) electrons. The summed E-state index contributed by atoms with van der Waals surface area (Å²) in [5.41, 5.74) is 6.22. The molecule has 184 valence electrons. The maximum absolute atomic E-state index is 13.5. The Morgan fingerprint density at radius 1 is 1.32 bits per heavy atom. The Kier molecular flexibility index (Phi) is 5.57. The second-order valence-corrected chi connectivity index (χ2v) is 10.0. The highest BCUT2D eigenvalue weighted by Crippen LogP contribution is 2.53. The van der Waals surface area contributed by atoms with Crippen molar-refractivity contribution in [3.63, 3.8) is 0 Å². The van der Waals surface area contributed by atoms with E-state index in [1.165, 1.54) is 31.9 Å². The lowest BCUT2D eigenvalue weighted by molar-refractivity contribution is -0.195. The van der Waals surface area contributed by atoms with Gasteiger partial charge in [0.25, 0.3) is 0 Å². The lowest BCUT2D eigenvalue weighted by Gasteiger charge is -2.38. The standard InChI is InChI=1S/C23H28F3N5O3/c1-34-21(33)22(8-15(23(24,25)26)10-28-20(22)32)7-12-6-17-30-16(11-31(17)29-9-12)19(27)18(13-2-3-13)14-4-5-14/h6,9,11,13-15,18-19H,2-5,7-8,10,27H2,1H3,(H,28,32)/t15-,19-,22?/m1/s1. The van der Waals surface area contributed by atoms with E-state index in [9.17, 15) is 22.8 Å². The first-order valence-electron chi connectivity index (χ1n) is 11.7. The average Bonchev–Trinajstić information content (AvgIpc) is 3.73. The van der Waals surface area contributed by atoms with E-state index in [2.05, 4.69) is 15.4 Å². The Labute approximate surface area is 194 Å². The molecular formula is C23H28F3N5O3. The molecule has 1 saturated heterocycles. The smallest absolute Gasteiger partial charge is 0.393 e. The van der Waals surface area contributed by atoms with Crippen LogP contribution in [0, 0.1) is 29.1 Å². The van der Waals surface area contributed by atoms with Crippen LogP contribution in [0.1, 0.15) is 49.4 Å². The van der Waals surface area contributed by atoms with Crippen LogP contribution >= 0.6 is 0 Å². The Morgan fingerprint density at radius 3 is 2.59 bits per heavy atom. The molecule has 5 rings (SSSR count). The fourth-order valence-corrected chi connectivity index (χ4v) is 5.47. The number of aromatic nitrogens is 3. The van der Waals surface area contributed by atoms with Gasteiger partial charge in [-0.25, -0.2) is 9.50 Å². The second kappa shape index (κ2) is 8.21. The lowest BCUT2D eigenvalue weighted by Crippen LogP contribution is -2.57. The van der Waals surface area contributed by atoms with Crippen LogP contribution in [0.4, 0.5) is 13.2 Å². The van der Waals surface area contributed by atoms with Crippen molar-refractivity contribution < 1.29 is 27.5 Å². The van der Waals surface area contributed by atoms with Gasteiger partial charge in [0.2, 0.25) is 5.91 Å². The molecule has 34 heavy (non-hydrogen) atoms. The summed E-state index contributed by atoms with van der Waals surface area (Å²) >= 11 is 0. The summed E-state index contributed by atoms with van der Waals surface area (Å²) in [6.45, 7) is -0.566. The zero-order valence-corrected chi connectivity index (χ0v) is 18.8. The van der Waals surface area contributed by atoms with Crippen molar-refractivity contribution in [1.29, 1.82) is 0 Å². The molecule has 2 aliphatic carbocycles. The van der Waals surface area contributed by atoms with Gasteiger partial charge in [0, 0.05) is 6.54 Å². The first-order valence-corrected chi connectivity index (χ1v) is 11.7. The van der Waals surface area contributed by atoms with E-state index in [0.29, 0.717) is 29.0 Å². The molecule has 11 heteroatoms. The minimum Gasteiger partial charge on any atom is -0.468 e. The van der Waals surface area contributed by atoms with E-state index >= 15 is 0 Å². The normalized spacial score (nSPS) is 26.5. The maximum Gasteiger partial charge on any atom is 0.393 e. The van der Waals surface area contributed by atoms with Crippen LogP contribution in [-0.4, -0.2) is 46.3 Å². The highest BCUT2D eigenvalue weighted by Gasteiger charge is 2.56. The van der Waals surface area contributed by atoms with Gasteiger partial charge in [-0.05, 0) is 67.9 Å². The van der Waals surface area contributed by atoms with Gasteiger partial charge >= 0.3 is 12.1 Å². The number of carbonyl (C=O) groups is 2. The van der Waals surface area contributed by atoms with Crippen LogP contribution in [0.3, 0.4) is 0 Å². The van der Waals surface area contributed by atoms with Gasteiger partial charge in [0.05, 0.1) is 37.2 Å². The van der Waals surface area contributed by atoms with Crippen molar-refractivity contribution in [1.82, 2.24) is 19.9 Å². The monoisotopic (exact) mass is 479 g/mol. The number of rotatable bonds is 7. The Bertz CT molecular complexity index is 1090. The van der Waals surface area contributed by atoms with E-state index in [1.807, 2.05) is 0 Å². The number of amides is 1. The number of imidazole rings is 1. The number of esters is 1. The van der Waals surface area contributed by atoms with Crippen molar-refractivity contribution in [2.45, 2.75) is 50.7 Å². The second-order valence-electron chi connectivity index (χ2n) is 10.0. The van der Waals surface area contributed by atoms with Crippen molar-refractivity contribution >= 4 is 17.5 Å². The van der Waals surface area contributed by atoms with Crippen molar-refractivity contribution in [2.24, 2.45) is 34.8 Å². The molecule has 2 saturated carbocycles. The van der Waals surface area contributed by atoms with Gasteiger partial charge in [0.15, 0.2) is 11.1 Å². The first-order chi connectivity index (χ1) is 16.1. The zero-order valence-electron chi connectivity index (χ0n) is 18.8. The number of nitrogens with one attached hydrogen (secondary N) is 1. The van der Waals surface area contributed by atoms with Gasteiger partial charge in [-0.15, -0.1) is 0 Å². The molecule has 8 nitrogen and oxygen atoms in total. The molecule has 1 unspecified atom stereocenters. The van der Waals surface area contributed by atoms with E-state index in [1.54, 1.807) is 16.8 Å². The minimum atomic E-state index is -4.55. The van der Waals surface area contributed by atoms with Crippen LogP contribution in [0.15, 0.2) is 18.5 Å². The van der Waals surface area contributed by atoms with Crippen molar-refractivity contribution in [2.75, 3.05) is 13.7 Å². The number of nitrogens with zero attached hydrogens (tertiary/aromatic N) is 3. The quantitative estimate of drug-likeness (QED) is 0.466. The summed E-state index contributed by atoms with van der Waals surface area (Å²) in [4.78, 5) is 30.0. The Hall–Kier alpha value is -2.69. The van der Waals surface area contributed by atoms with E-state index in [4.69, 9.17) is 10.5 Å². The number of fused-ring (bicyclic) bond motifs is 1. The summed E-state index contributed by atoms with van der Waals surface area (Å²) in [6, 6.07) is 1.44. The molecule has 3 aliphatic rings. The highest BCUT2D eigenvalue weighted by molar-refractivity contribution is 6.03. The van der Waals surface area contributed by atoms with Gasteiger partial charge in [0.1, 0.15) is 0 Å². The van der Waals surface area contributed by atoms with Crippen molar-refractivity contribution in [3.8, 4) is 0 Å². The van der Waals surface area contributed by atoms with Gasteiger partial charge in [-0.3, -0.25) is 9.59 Å². The summed E-state index contributed by atoms with van der Waals surface area (Å²) in [5.74, 6) is -1.94. The third-order valence-corrected chi connectivity index (χ3v) is 7.57. The highest BCUT2D eigenvalue weighted by atomic mass is 19.4. The summed E-state index contributed by atoms with van der Waals surface area (Å²) in [7, 11) is 1.06. The minimum absolute atomic E-state index is 0.205. The summed E-state index contributed by atoms with van der Waals surface area (Å²) in [6.07, 6.45) is 2.49. The molecule has 2 aromatic rings. The number of hydrogen-bond acceptors (Lipinski definition) is 6. The predicted octanol–water partition coefficient (Wildman–Crippen LogP) is 2.57. The van der Waals surface area contributed by atoms with Crippen LogP contribution in [0.2, 0.25) is 0 Å². The zero-order chi connectivity index (χ0) is 24.3. The Balaban J connectivity index is 1.43. The fourth-order valence-electron chi connectivity index (χ4n) is 5.47. The van der Waals surface area contributed by atoms with Crippen molar-refractivity contribution in [3.05, 3.63) is 29.7 Å². The number of halogens is 3. The molecule has 1 aliphatic heterocycles. The first kappa shape index (κ1) is 23.1. The van der Waals surface area contributed by atoms with E-state index in [-0.39, 0.29) is 12.5 Å². The number of hydrogen-bond donors (Lipinski definition) is 2. The van der Waals surface area contributed by atoms with Gasteiger partial charge in [-0.2, -0.15) is 18.3 Å². The molecular weight excluding hydrogens is 451 g/mol. The SMILES string of the molecule is COC(=O)C1(Cc2cnn3cc([C@@H](N)C(C4CC4)C4CC4)nc3c2)C[C@@H](C(F)(F)F)CNC1=O. The van der Waals surface area contributed by atoms with Gasteiger partial charge in [-0.1, -0.05) is 0 Å².